The molecule has 0 spiro atoms. The van der Waals surface area contributed by atoms with E-state index in [1.807, 2.05) is 20.8 Å². The number of hydrogen-bond acceptors (Lipinski definition) is 3. The second-order valence-electron chi connectivity index (χ2n) is 5.38. The highest BCUT2D eigenvalue weighted by molar-refractivity contribution is 5.92. The van der Waals surface area contributed by atoms with E-state index in [2.05, 4.69) is 11.1 Å². The van der Waals surface area contributed by atoms with Crippen LogP contribution in [0.3, 0.4) is 0 Å². The van der Waals surface area contributed by atoms with E-state index in [1.54, 1.807) is 6.20 Å². The smallest absolute Gasteiger partial charge is 0.340 e. The normalized spacial score (nSPS) is 15.4. The van der Waals surface area contributed by atoms with Crippen LogP contribution in [0, 0.1) is 11.3 Å². The van der Waals surface area contributed by atoms with Crippen LogP contribution in [-0.4, -0.2) is 16.6 Å². The van der Waals surface area contributed by atoms with Gasteiger partial charge in [0.2, 0.25) is 0 Å². The van der Waals surface area contributed by atoms with E-state index in [1.165, 1.54) is 0 Å². The SMILES string of the molecule is CC(C)(C)OC(=O)c1c[nH]c(C#N)c1C1CC1. The molecule has 1 N–H and O–H groups in total. The fourth-order valence-corrected chi connectivity index (χ4v) is 1.83. The number of H-pyrrole nitrogens is 1. The zero-order chi connectivity index (χ0) is 12.6. The van der Waals surface area contributed by atoms with E-state index >= 15 is 0 Å². The highest BCUT2D eigenvalue weighted by atomic mass is 16.6. The summed E-state index contributed by atoms with van der Waals surface area (Å²) in [6.45, 7) is 5.50. The molecule has 0 radical (unpaired) electrons. The van der Waals surface area contributed by atoms with Crippen molar-refractivity contribution >= 4 is 5.97 Å². The second kappa shape index (κ2) is 3.92. The van der Waals surface area contributed by atoms with Crippen molar-refractivity contribution in [1.29, 1.82) is 5.26 Å². The predicted molar refractivity (Wildman–Crippen MR) is 62.7 cm³/mol. The molecule has 90 valence electrons. The highest BCUT2D eigenvalue weighted by Crippen LogP contribution is 2.43. The molecule has 1 aliphatic rings. The van der Waals surface area contributed by atoms with Crippen molar-refractivity contribution in [1.82, 2.24) is 4.98 Å². The van der Waals surface area contributed by atoms with E-state index in [9.17, 15) is 4.79 Å². The van der Waals surface area contributed by atoms with Crippen molar-refractivity contribution in [2.45, 2.75) is 45.1 Å². The van der Waals surface area contributed by atoms with Crippen LogP contribution in [0.4, 0.5) is 0 Å². The number of carbonyl (C=O) groups is 1. The molecule has 1 aliphatic carbocycles. The molecule has 0 aliphatic heterocycles. The Bertz CT molecular complexity index is 484. The summed E-state index contributed by atoms with van der Waals surface area (Å²) in [5, 5.41) is 8.99. The Balaban J connectivity index is 2.30. The third kappa shape index (κ3) is 2.50. The first kappa shape index (κ1) is 11.7. The van der Waals surface area contributed by atoms with Crippen molar-refractivity contribution in [2.24, 2.45) is 0 Å². The van der Waals surface area contributed by atoms with Gasteiger partial charge < -0.3 is 9.72 Å². The van der Waals surface area contributed by atoms with Gasteiger partial charge in [0.1, 0.15) is 17.4 Å². The minimum absolute atomic E-state index is 0.346. The molecule has 0 unspecified atom stereocenters. The Morgan fingerprint density at radius 2 is 2.18 bits per heavy atom. The van der Waals surface area contributed by atoms with Gasteiger partial charge in [0.05, 0.1) is 5.56 Å². The molecule has 0 aromatic carbocycles. The van der Waals surface area contributed by atoms with E-state index in [0.29, 0.717) is 17.2 Å². The van der Waals surface area contributed by atoms with Crippen LogP contribution in [0.2, 0.25) is 0 Å². The summed E-state index contributed by atoms with van der Waals surface area (Å²) in [6.07, 6.45) is 3.67. The van der Waals surface area contributed by atoms with Gasteiger partial charge >= 0.3 is 5.97 Å². The van der Waals surface area contributed by atoms with Gasteiger partial charge in [0.25, 0.3) is 0 Å². The molecule has 0 atom stereocenters. The van der Waals surface area contributed by atoms with Crippen LogP contribution in [-0.2, 0) is 4.74 Å². The molecule has 1 aromatic heterocycles. The van der Waals surface area contributed by atoms with E-state index in [4.69, 9.17) is 10.00 Å². The number of nitriles is 1. The fraction of sp³-hybridized carbons (Fsp3) is 0.538. The molecule has 1 saturated carbocycles. The number of nitrogens with zero attached hydrogens (tertiary/aromatic N) is 1. The van der Waals surface area contributed by atoms with Gasteiger partial charge in [-0.25, -0.2) is 4.79 Å². The topological polar surface area (TPSA) is 65.9 Å². The zero-order valence-electron chi connectivity index (χ0n) is 10.3. The van der Waals surface area contributed by atoms with Gasteiger partial charge in [-0.05, 0) is 39.5 Å². The summed E-state index contributed by atoms with van der Waals surface area (Å²) in [5.74, 6) is -0.00410. The van der Waals surface area contributed by atoms with E-state index < -0.39 is 5.60 Å². The van der Waals surface area contributed by atoms with Crippen molar-refractivity contribution in [3.8, 4) is 6.07 Å². The number of nitrogens with one attached hydrogen (secondary N) is 1. The Labute approximate surface area is 101 Å². The first-order chi connectivity index (χ1) is 7.92. The summed E-state index contributed by atoms with van der Waals surface area (Å²) < 4.78 is 5.33. The number of carbonyl (C=O) groups excluding carboxylic acids is 1. The largest absolute Gasteiger partial charge is 0.456 e. The summed E-state index contributed by atoms with van der Waals surface area (Å²) in [4.78, 5) is 14.8. The van der Waals surface area contributed by atoms with Gasteiger partial charge in [-0.2, -0.15) is 5.26 Å². The minimum Gasteiger partial charge on any atom is -0.456 e. The van der Waals surface area contributed by atoms with Crippen molar-refractivity contribution in [3.63, 3.8) is 0 Å². The van der Waals surface area contributed by atoms with Gasteiger partial charge in [-0.3, -0.25) is 0 Å². The van der Waals surface area contributed by atoms with Crippen LogP contribution in [0.15, 0.2) is 6.20 Å². The Hall–Kier alpha value is -1.76. The van der Waals surface area contributed by atoms with E-state index in [0.717, 1.165) is 18.4 Å². The first-order valence-electron chi connectivity index (χ1n) is 5.77. The lowest BCUT2D eigenvalue weighted by molar-refractivity contribution is 0.00686. The van der Waals surface area contributed by atoms with Crippen molar-refractivity contribution in [3.05, 3.63) is 23.0 Å². The maximum Gasteiger partial charge on any atom is 0.340 e. The third-order valence-electron chi connectivity index (χ3n) is 2.64. The summed E-state index contributed by atoms with van der Waals surface area (Å²) >= 11 is 0. The van der Waals surface area contributed by atoms with Crippen LogP contribution < -0.4 is 0 Å². The van der Waals surface area contributed by atoms with Crippen LogP contribution in [0.5, 0.6) is 0 Å². The summed E-state index contributed by atoms with van der Waals surface area (Å²) in [6, 6.07) is 2.09. The summed E-state index contributed by atoms with van der Waals surface area (Å²) in [5.41, 5.74) is 1.33. The molecule has 0 saturated heterocycles. The van der Waals surface area contributed by atoms with Gasteiger partial charge in [0.15, 0.2) is 0 Å². The molecular weight excluding hydrogens is 216 g/mol. The van der Waals surface area contributed by atoms with Gasteiger partial charge in [-0.1, -0.05) is 0 Å². The lowest BCUT2D eigenvalue weighted by Crippen LogP contribution is -2.24. The molecule has 4 nitrogen and oxygen atoms in total. The molecule has 2 rings (SSSR count). The fourth-order valence-electron chi connectivity index (χ4n) is 1.83. The van der Waals surface area contributed by atoms with Crippen molar-refractivity contribution < 1.29 is 9.53 Å². The van der Waals surface area contributed by atoms with Crippen LogP contribution in [0.25, 0.3) is 0 Å². The Kier molecular flexibility index (Phi) is 2.70. The monoisotopic (exact) mass is 232 g/mol. The van der Waals surface area contributed by atoms with Crippen LogP contribution >= 0.6 is 0 Å². The number of hydrogen-bond donors (Lipinski definition) is 1. The second-order valence-corrected chi connectivity index (χ2v) is 5.38. The molecule has 1 fully saturated rings. The van der Waals surface area contributed by atoms with Crippen molar-refractivity contribution in [2.75, 3.05) is 0 Å². The zero-order valence-corrected chi connectivity index (χ0v) is 10.3. The Morgan fingerprint density at radius 1 is 1.53 bits per heavy atom. The van der Waals surface area contributed by atoms with Crippen LogP contribution in [0.1, 0.15) is 61.1 Å². The predicted octanol–water partition coefficient (Wildman–Crippen LogP) is 2.72. The molecular formula is C13H16N2O2. The number of aromatic amines is 1. The number of esters is 1. The highest BCUT2D eigenvalue weighted by Gasteiger charge is 2.33. The van der Waals surface area contributed by atoms with Gasteiger partial charge in [-0.15, -0.1) is 0 Å². The first-order valence-corrected chi connectivity index (χ1v) is 5.77. The lowest BCUT2D eigenvalue weighted by atomic mass is 10.1. The summed E-state index contributed by atoms with van der Waals surface area (Å²) in [7, 11) is 0. The molecule has 1 heterocycles. The third-order valence-corrected chi connectivity index (χ3v) is 2.64. The average molecular weight is 232 g/mol. The molecule has 4 heteroatoms. The number of rotatable bonds is 2. The van der Waals surface area contributed by atoms with Gasteiger partial charge in [0, 0.05) is 11.8 Å². The molecule has 0 bridgehead atoms. The number of aromatic nitrogens is 1. The molecule has 0 amide bonds. The molecule has 17 heavy (non-hydrogen) atoms. The standard InChI is InChI=1S/C13H16N2O2/c1-13(2,3)17-12(16)9-7-15-10(6-14)11(9)8-4-5-8/h7-8,15H,4-5H2,1-3H3. The maximum atomic E-state index is 12.0. The quantitative estimate of drug-likeness (QED) is 0.797. The number of ether oxygens (including phenoxy) is 1. The van der Waals surface area contributed by atoms with E-state index in [-0.39, 0.29) is 5.97 Å². The Morgan fingerprint density at radius 3 is 2.65 bits per heavy atom. The average Bonchev–Trinajstić information content (AvgIpc) is 2.94. The lowest BCUT2D eigenvalue weighted by Gasteiger charge is -2.19. The maximum absolute atomic E-state index is 12.0. The molecule has 1 aromatic rings. The minimum atomic E-state index is -0.512.